The smallest absolute Gasteiger partial charge is 0.226 e. The van der Waals surface area contributed by atoms with E-state index in [2.05, 4.69) is 9.88 Å². The molecule has 1 aliphatic rings. The molecule has 5 nitrogen and oxygen atoms in total. The van der Waals surface area contributed by atoms with Crippen LogP contribution in [0.5, 0.6) is 5.75 Å². The van der Waals surface area contributed by atoms with Gasteiger partial charge in [0.05, 0.1) is 13.0 Å². The Hall–Kier alpha value is -2.47. The third kappa shape index (κ3) is 5.26. The monoisotopic (exact) mass is 343 g/mol. The number of carbonyl (C=O) groups is 1. The van der Waals surface area contributed by atoms with E-state index in [4.69, 9.17) is 4.74 Å². The third-order valence-electron chi connectivity index (χ3n) is 4.28. The Balaban J connectivity index is 1.37. The second-order valence-electron chi connectivity index (χ2n) is 6.06. The van der Waals surface area contributed by atoms with Gasteiger partial charge in [-0.2, -0.15) is 0 Å². The molecule has 0 aliphatic carbocycles. The van der Waals surface area contributed by atoms with E-state index < -0.39 is 0 Å². The van der Waals surface area contributed by atoms with Crippen LogP contribution in [-0.2, 0) is 11.3 Å². The number of carbonyl (C=O) groups excluding carboxylic acids is 1. The van der Waals surface area contributed by atoms with Crippen LogP contribution >= 0.6 is 0 Å². The van der Waals surface area contributed by atoms with Gasteiger partial charge in [-0.1, -0.05) is 0 Å². The Morgan fingerprint density at radius 1 is 1.04 bits per heavy atom. The van der Waals surface area contributed by atoms with Gasteiger partial charge in [-0.3, -0.25) is 14.7 Å². The van der Waals surface area contributed by atoms with E-state index >= 15 is 0 Å². The zero-order valence-corrected chi connectivity index (χ0v) is 14.1. The van der Waals surface area contributed by atoms with E-state index in [0.29, 0.717) is 18.8 Å². The fourth-order valence-electron chi connectivity index (χ4n) is 2.85. The largest absolute Gasteiger partial charge is 0.493 e. The molecule has 0 unspecified atom stereocenters. The van der Waals surface area contributed by atoms with Crippen molar-refractivity contribution in [2.75, 3.05) is 32.8 Å². The molecule has 0 spiro atoms. The molecule has 2 aromatic rings. The Labute approximate surface area is 147 Å². The second-order valence-corrected chi connectivity index (χ2v) is 6.06. The Morgan fingerprint density at radius 2 is 1.72 bits per heavy atom. The van der Waals surface area contributed by atoms with Gasteiger partial charge in [0.2, 0.25) is 5.91 Å². The van der Waals surface area contributed by atoms with Gasteiger partial charge in [0.25, 0.3) is 0 Å². The summed E-state index contributed by atoms with van der Waals surface area (Å²) in [7, 11) is 0. The molecule has 0 radical (unpaired) electrons. The third-order valence-corrected chi connectivity index (χ3v) is 4.28. The summed E-state index contributed by atoms with van der Waals surface area (Å²) < 4.78 is 18.3. The minimum Gasteiger partial charge on any atom is -0.493 e. The molecule has 0 bridgehead atoms. The molecule has 6 heteroatoms. The summed E-state index contributed by atoms with van der Waals surface area (Å²) >= 11 is 0. The van der Waals surface area contributed by atoms with Gasteiger partial charge in [0.1, 0.15) is 11.6 Å². The summed E-state index contributed by atoms with van der Waals surface area (Å²) in [6, 6.07) is 9.86. The van der Waals surface area contributed by atoms with Gasteiger partial charge < -0.3 is 9.64 Å². The summed E-state index contributed by atoms with van der Waals surface area (Å²) in [5, 5.41) is 0. The highest BCUT2D eigenvalue weighted by Crippen LogP contribution is 2.12. The first-order valence-corrected chi connectivity index (χ1v) is 8.48. The molecule has 1 amide bonds. The SMILES string of the molecule is O=C(CCOc1ccc(F)cc1)N1CCN(Cc2ccncc2)CC1. The summed E-state index contributed by atoms with van der Waals surface area (Å²) in [6.45, 7) is 4.40. The van der Waals surface area contributed by atoms with Crippen LogP contribution in [0.25, 0.3) is 0 Å². The van der Waals surface area contributed by atoms with Gasteiger partial charge in [0, 0.05) is 45.1 Å². The number of hydrogen-bond acceptors (Lipinski definition) is 4. The maximum absolute atomic E-state index is 12.8. The lowest BCUT2D eigenvalue weighted by Gasteiger charge is -2.34. The quantitative estimate of drug-likeness (QED) is 0.808. The average molecular weight is 343 g/mol. The number of rotatable bonds is 6. The molecule has 0 atom stereocenters. The maximum Gasteiger partial charge on any atom is 0.226 e. The summed E-state index contributed by atoms with van der Waals surface area (Å²) in [4.78, 5) is 20.5. The van der Waals surface area contributed by atoms with Crippen molar-refractivity contribution in [1.82, 2.24) is 14.8 Å². The van der Waals surface area contributed by atoms with Crippen molar-refractivity contribution in [2.24, 2.45) is 0 Å². The summed E-state index contributed by atoms with van der Waals surface area (Å²) in [6.07, 6.45) is 3.94. The van der Waals surface area contributed by atoms with Crippen molar-refractivity contribution >= 4 is 5.91 Å². The topological polar surface area (TPSA) is 45.7 Å². The van der Waals surface area contributed by atoms with Crippen LogP contribution in [0.2, 0.25) is 0 Å². The summed E-state index contributed by atoms with van der Waals surface area (Å²) in [5.74, 6) is 0.384. The first-order chi connectivity index (χ1) is 12.2. The van der Waals surface area contributed by atoms with Crippen molar-refractivity contribution < 1.29 is 13.9 Å². The molecule has 25 heavy (non-hydrogen) atoms. The number of ether oxygens (including phenoxy) is 1. The predicted octanol–water partition coefficient (Wildman–Crippen LogP) is 2.33. The number of pyridine rings is 1. The molecular weight excluding hydrogens is 321 g/mol. The Kier molecular flexibility index (Phi) is 5.95. The number of halogens is 1. The van der Waals surface area contributed by atoms with Gasteiger partial charge in [-0.05, 0) is 42.0 Å². The Morgan fingerprint density at radius 3 is 2.40 bits per heavy atom. The fourth-order valence-corrected chi connectivity index (χ4v) is 2.85. The minimum absolute atomic E-state index is 0.102. The van der Waals surface area contributed by atoms with Gasteiger partial charge in [-0.25, -0.2) is 4.39 Å². The molecule has 1 aromatic carbocycles. The number of piperazine rings is 1. The molecule has 1 saturated heterocycles. The molecule has 0 saturated carbocycles. The zero-order chi connectivity index (χ0) is 17.5. The van der Waals surface area contributed by atoms with Crippen LogP contribution in [0.4, 0.5) is 4.39 Å². The highest BCUT2D eigenvalue weighted by Gasteiger charge is 2.20. The molecule has 2 heterocycles. The molecule has 1 fully saturated rings. The van der Waals surface area contributed by atoms with Crippen molar-refractivity contribution in [2.45, 2.75) is 13.0 Å². The second kappa shape index (κ2) is 8.58. The van der Waals surface area contributed by atoms with E-state index in [9.17, 15) is 9.18 Å². The number of hydrogen-bond donors (Lipinski definition) is 0. The molecular formula is C19H22FN3O2. The van der Waals surface area contributed by atoms with Gasteiger partial charge in [0.15, 0.2) is 0 Å². The number of nitrogens with zero attached hydrogens (tertiary/aromatic N) is 3. The fraction of sp³-hybridized carbons (Fsp3) is 0.368. The molecule has 3 rings (SSSR count). The van der Waals surface area contributed by atoms with Crippen LogP contribution < -0.4 is 4.74 Å². The van der Waals surface area contributed by atoms with Crippen molar-refractivity contribution in [1.29, 1.82) is 0 Å². The van der Waals surface area contributed by atoms with Crippen molar-refractivity contribution in [3.8, 4) is 5.75 Å². The normalized spacial score (nSPS) is 15.2. The van der Waals surface area contributed by atoms with Crippen LogP contribution in [0.3, 0.4) is 0 Å². The zero-order valence-electron chi connectivity index (χ0n) is 14.1. The number of aromatic nitrogens is 1. The summed E-state index contributed by atoms with van der Waals surface area (Å²) in [5.41, 5.74) is 1.24. The number of amides is 1. The van der Waals surface area contributed by atoms with Crippen LogP contribution in [0, 0.1) is 5.82 Å². The van der Waals surface area contributed by atoms with Gasteiger partial charge >= 0.3 is 0 Å². The molecule has 1 aliphatic heterocycles. The highest BCUT2D eigenvalue weighted by atomic mass is 19.1. The molecule has 132 valence electrons. The predicted molar refractivity (Wildman–Crippen MR) is 92.6 cm³/mol. The van der Waals surface area contributed by atoms with E-state index in [1.54, 1.807) is 24.5 Å². The lowest BCUT2D eigenvalue weighted by molar-refractivity contribution is -0.133. The van der Waals surface area contributed by atoms with Crippen LogP contribution in [-0.4, -0.2) is 53.5 Å². The molecule has 0 N–H and O–H groups in total. The standard InChI is InChI=1S/C19H22FN3O2/c20-17-1-3-18(4-2-17)25-14-7-19(24)23-12-10-22(11-13-23)15-16-5-8-21-9-6-16/h1-6,8-9H,7,10-15H2. The molecule has 1 aromatic heterocycles. The first kappa shape index (κ1) is 17.4. The lowest BCUT2D eigenvalue weighted by atomic mass is 10.2. The van der Waals surface area contributed by atoms with Gasteiger partial charge in [-0.15, -0.1) is 0 Å². The van der Waals surface area contributed by atoms with E-state index in [1.807, 2.05) is 17.0 Å². The average Bonchev–Trinajstić information content (AvgIpc) is 2.65. The minimum atomic E-state index is -0.298. The Bertz CT molecular complexity index is 671. The van der Waals surface area contributed by atoms with Crippen LogP contribution in [0.15, 0.2) is 48.8 Å². The maximum atomic E-state index is 12.8. The van der Waals surface area contributed by atoms with E-state index in [-0.39, 0.29) is 11.7 Å². The van der Waals surface area contributed by atoms with E-state index in [0.717, 1.165) is 32.7 Å². The number of benzene rings is 1. The van der Waals surface area contributed by atoms with Crippen LogP contribution in [0.1, 0.15) is 12.0 Å². The first-order valence-electron chi connectivity index (χ1n) is 8.48. The lowest BCUT2D eigenvalue weighted by Crippen LogP contribution is -2.48. The van der Waals surface area contributed by atoms with Crippen molar-refractivity contribution in [3.63, 3.8) is 0 Å². The highest BCUT2D eigenvalue weighted by molar-refractivity contribution is 5.76. The van der Waals surface area contributed by atoms with E-state index in [1.165, 1.54) is 17.7 Å². The van der Waals surface area contributed by atoms with Crippen molar-refractivity contribution in [3.05, 3.63) is 60.2 Å².